The molecule has 0 aliphatic heterocycles. The van der Waals surface area contributed by atoms with Crippen LogP contribution in [0, 0.1) is 0 Å². The van der Waals surface area contributed by atoms with Gasteiger partial charge in [-0.2, -0.15) is 13.2 Å². The van der Waals surface area contributed by atoms with Crippen LogP contribution in [0.5, 0.6) is 0 Å². The fourth-order valence-electron chi connectivity index (χ4n) is 2.22. The second-order valence-electron chi connectivity index (χ2n) is 5.34. The van der Waals surface area contributed by atoms with Crippen molar-refractivity contribution in [3.8, 4) is 0 Å². The summed E-state index contributed by atoms with van der Waals surface area (Å²) in [5.74, 6) is 0. The van der Waals surface area contributed by atoms with Gasteiger partial charge in [0.25, 0.3) is 0 Å². The first-order valence-electron chi connectivity index (χ1n) is 7.22. The van der Waals surface area contributed by atoms with Gasteiger partial charge in [-0.25, -0.2) is 0 Å². The molecule has 0 amide bonds. The lowest BCUT2D eigenvalue weighted by molar-refractivity contribution is -0.137. The zero-order valence-electron chi connectivity index (χ0n) is 12.4. The third-order valence-electron chi connectivity index (χ3n) is 3.56. The van der Waals surface area contributed by atoms with Crippen molar-refractivity contribution in [2.24, 2.45) is 5.73 Å². The molecule has 0 fully saturated rings. The van der Waals surface area contributed by atoms with Gasteiger partial charge in [-0.05, 0) is 41.8 Å². The van der Waals surface area contributed by atoms with Crippen molar-refractivity contribution in [3.63, 3.8) is 0 Å². The van der Waals surface area contributed by atoms with E-state index in [0.29, 0.717) is 18.1 Å². The summed E-state index contributed by atoms with van der Waals surface area (Å²) in [5.41, 5.74) is 7.00. The molecule has 0 saturated heterocycles. The van der Waals surface area contributed by atoms with E-state index in [1.807, 2.05) is 24.3 Å². The molecule has 2 aromatic rings. The molecule has 0 heterocycles. The molecule has 1 atom stereocenters. The maximum Gasteiger partial charge on any atom is 0.416 e. The number of nitrogens with one attached hydrogen (secondary N) is 1. The molecular weight excluding hydrogens is 325 g/mol. The number of alkyl halides is 3. The van der Waals surface area contributed by atoms with Gasteiger partial charge in [0.15, 0.2) is 0 Å². The van der Waals surface area contributed by atoms with E-state index < -0.39 is 11.7 Å². The first-order valence-corrected chi connectivity index (χ1v) is 7.60. The summed E-state index contributed by atoms with van der Waals surface area (Å²) in [6.07, 6.45) is -3.57. The lowest BCUT2D eigenvalue weighted by atomic mass is 10.1. The Morgan fingerprint density at radius 3 is 2.04 bits per heavy atom. The molecule has 6 heteroatoms. The maximum absolute atomic E-state index is 12.5. The van der Waals surface area contributed by atoms with Crippen molar-refractivity contribution in [2.75, 3.05) is 6.54 Å². The minimum absolute atomic E-state index is 0.0402. The van der Waals surface area contributed by atoms with Gasteiger partial charge in [-0.3, -0.25) is 0 Å². The number of nitrogens with two attached hydrogens (primary N) is 1. The highest BCUT2D eigenvalue weighted by atomic mass is 35.5. The molecule has 2 aromatic carbocycles. The summed E-state index contributed by atoms with van der Waals surface area (Å²) in [6.45, 7) is 0.900. The van der Waals surface area contributed by atoms with E-state index in [2.05, 4.69) is 5.32 Å². The summed E-state index contributed by atoms with van der Waals surface area (Å²) in [5, 5.41) is 3.94. The van der Waals surface area contributed by atoms with Gasteiger partial charge in [0, 0.05) is 24.2 Å². The summed E-state index contributed by atoms with van der Waals surface area (Å²) in [4.78, 5) is 0. The number of halogens is 4. The fourth-order valence-corrected chi connectivity index (χ4v) is 2.34. The molecule has 124 valence electrons. The second-order valence-corrected chi connectivity index (χ2v) is 5.78. The van der Waals surface area contributed by atoms with Gasteiger partial charge in [-0.1, -0.05) is 35.9 Å². The Labute approximate surface area is 138 Å². The molecule has 0 radical (unpaired) electrons. The third-order valence-corrected chi connectivity index (χ3v) is 3.81. The van der Waals surface area contributed by atoms with Crippen molar-refractivity contribution in [1.82, 2.24) is 5.32 Å². The average molecular weight is 343 g/mol. The fraction of sp³-hybridized carbons (Fsp3) is 0.294. The lowest BCUT2D eigenvalue weighted by Gasteiger charge is -2.17. The quantitative estimate of drug-likeness (QED) is 0.832. The van der Waals surface area contributed by atoms with Crippen LogP contribution in [0.25, 0.3) is 0 Å². The first kappa shape index (κ1) is 17.8. The van der Waals surface area contributed by atoms with Crippen LogP contribution in [0.2, 0.25) is 5.02 Å². The van der Waals surface area contributed by atoms with E-state index in [4.69, 9.17) is 17.3 Å². The molecular formula is C17H18ClF3N2. The predicted molar refractivity (Wildman–Crippen MR) is 86.3 cm³/mol. The molecule has 0 bridgehead atoms. The highest BCUT2D eigenvalue weighted by Crippen LogP contribution is 2.29. The molecule has 0 spiro atoms. The summed E-state index contributed by atoms with van der Waals surface area (Å²) >= 11 is 5.85. The lowest BCUT2D eigenvalue weighted by Crippen LogP contribution is -2.37. The van der Waals surface area contributed by atoms with Gasteiger partial charge < -0.3 is 11.1 Å². The monoisotopic (exact) mass is 342 g/mol. The molecule has 0 aliphatic rings. The Hall–Kier alpha value is -1.56. The number of rotatable bonds is 6. The number of benzene rings is 2. The Bertz CT molecular complexity index is 609. The van der Waals surface area contributed by atoms with Crippen LogP contribution in [0.1, 0.15) is 16.7 Å². The molecule has 23 heavy (non-hydrogen) atoms. The van der Waals surface area contributed by atoms with Crippen molar-refractivity contribution in [1.29, 1.82) is 0 Å². The van der Waals surface area contributed by atoms with Crippen molar-refractivity contribution >= 4 is 11.6 Å². The van der Waals surface area contributed by atoms with E-state index in [1.165, 1.54) is 12.1 Å². The van der Waals surface area contributed by atoms with Gasteiger partial charge in [-0.15, -0.1) is 0 Å². The average Bonchev–Trinajstić information content (AvgIpc) is 2.53. The standard InChI is InChI=1S/C17H18ClF3N2/c18-15-7-3-12(4-8-15)9-16(10-22)23-11-13-1-5-14(6-2-13)17(19,20)21/h1-8,16,23H,9-11,22H2. The number of hydrogen-bond acceptors (Lipinski definition) is 2. The Balaban J connectivity index is 1.91. The highest BCUT2D eigenvalue weighted by Gasteiger charge is 2.29. The van der Waals surface area contributed by atoms with E-state index in [1.54, 1.807) is 0 Å². The van der Waals surface area contributed by atoms with Crippen LogP contribution in [0.15, 0.2) is 48.5 Å². The second kappa shape index (κ2) is 7.81. The maximum atomic E-state index is 12.5. The summed E-state index contributed by atoms with van der Waals surface area (Å²) in [7, 11) is 0. The SMILES string of the molecule is NCC(Cc1ccc(Cl)cc1)NCc1ccc(C(F)(F)F)cc1. The molecule has 0 aliphatic carbocycles. The van der Waals surface area contributed by atoms with Crippen molar-refractivity contribution < 1.29 is 13.2 Å². The van der Waals surface area contributed by atoms with E-state index >= 15 is 0 Å². The van der Waals surface area contributed by atoms with E-state index in [0.717, 1.165) is 29.7 Å². The third kappa shape index (κ3) is 5.53. The minimum atomic E-state index is -4.31. The molecule has 0 aromatic heterocycles. The smallest absolute Gasteiger partial charge is 0.329 e. The Morgan fingerprint density at radius 2 is 1.52 bits per heavy atom. The molecule has 3 N–H and O–H groups in total. The van der Waals surface area contributed by atoms with E-state index in [9.17, 15) is 13.2 Å². The first-order chi connectivity index (χ1) is 10.9. The predicted octanol–water partition coefficient (Wildman–Crippen LogP) is 4.02. The Kier molecular flexibility index (Phi) is 6.04. The summed E-state index contributed by atoms with van der Waals surface area (Å²) in [6, 6.07) is 12.7. The van der Waals surface area contributed by atoms with Crippen LogP contribution < -0.4 is 11.1 Å². The van der Waals surface area contributed by atoms with Crippen molar-refractivity contribution in [3.05, 3.63) is 70.2 Å². The van der Waals surface area contributed by atoms with Crippen LogP contribution in [-0.4, -0.2) is 12.6 Å². The van der Waals surface area contributed by atoms with Gasteiger partial charge in [0.05, 0.1) is 5.56 Å². The van der Waals surface area contributed by atoms with Gasteiger partial charge in [0.2, 0.25) is 0 Å². The normalized spacial score (nSPS) is 13.1. The van der Waals surface area contributed by atoms with Crippen LogP contribution >= 0.6 is 11.6 Å². The molecule has 2 nitrogen and oxygen atoms in total. The highest BCUT2D eigenvalue weighted by molar-refractivity contribution is 6.30. The largest absolute Gasteiger partial charge is 0.416 e. The minimum Gasteiger partial charge on any atom is -0.329 e. The Morgan fingerprint density at radius 1 is 0.957 bits per heavy atom. The van der Waals surface area contributed by atoms with Crippen LogP contribution in [0.4, 0.5) is 13.2 Å². The van der Waals surface area contributed by atoms with Crippen molar-refractivity contribution in [2.45, 2.75) is 25.2 Å². The molecule has 2 rings (SSSR count). The topological polar surface area (TPSA) is 38.0 Å². The zero-order valence-corrected chi connectivity index (χ0v) is 13.2. The van der Waals surface area contributed by atoms with Crippen LogP contribution in [0.3, 0.4) is 0 Å². The number of hydrogen-bond donors (Lipinski definition) is 2. The van der Waals surface area contributed by atoms with Gasteiger partial charge >= 0.3 is 6.18 Å². The van der Waals surface area contributed by atoms with Crippen LogP contribution in [-0.2, 0) is 19.1 Å². The molecule has 0 saturated carbocycles. The van der Waals surface area contributed by atoms with Gasteiger partial charge in [0.1, 0.15) is 0 Å². The zero-order chi connectivity index (χ0) is 16.9. The molecule has 1 unspecified atom stereocenters. The summed E-state index contributed by atoms with van der Waals surface area (Å²) < 4.78 is 37.6. The van der Waals surface area contributed by atoms with E-state index in [-0.39, 0.29) is 6.04 Å².